The molecule has 156 valence electrons. The van der Waals surface area contributed by atoms with Crippen LogP contribution in [0, 0.1) is 5.92 Å². The van der Waals surface area contributed by atoms with Crippen LogP contribution in [-0.2, 0) is 16.1 Å². The van der Waals surface area contributed by atoms with Crippen molar-refractivity contribution in [2.75, 3.05) is 47.6 Å². The molecule has 1 saturated heterocycles. The van der Waals surface area contributed by atoms with Crippen LogP contribution in [0.25, 0.3) is 0 Å². The average molecular weight is 393 g/mol. The quantitative estimate of drug-likeness (QED) is 0.625. The van der Waals surface area contributed by atoms with Crippen LogP contribution in [0.2, 0.25) is 0 Å². The van der Waals surface area contributed by atoms with Crippen molar-refractivity contribution in [1.82, 2.24) is 15.5 Å². The van der Waals surface area contributed by atoms with Gasteiger partial charge in [-0.05, 0) is 37.0 Å². The van der Waals surface area contributed by atoms with E-state index in [2.05, 4.69) is 10.6 Å². The lowest BCUT2D eigenvalue weighted by Gasteiger charge is -2.31. The highest BCUT2D eigenvalue weighted by molar-refractivity contribution is 5.79. The number of hydrogen-bond acceptors (Lipinski definition) is 5. The van der Waals surface area contributed by atoms with Crippen molar-refractivity contribution in [3.8, 4) is 11.5 Å². The molecule has 0 atom stereocenters. The maximum atomic E-state index is 12.4. The van der Waals surface area contributed by atoms with E-state index < -0.39 is 0 Å². The Morgan fingerprint density at radius 1 is 1.07 bits per heavy atom. The van der Waals surface area contributed by atoms with Gasteiger partial charge >= 0.3 is 6.03 Å². The van der Waals surface area contributed by atoms with E-state index in [0.29, 0.717) is 57.1 Å². The molecule has 28 heavy (non-hydrogen) atoms. The summed E-state index contributed by atoms with van der Waals surface area (Å²) in [7, 11) is 4.81. The number of rotatable bonds is 9. The average Bonchev–Trinajstić information content (AvgIpc) is 2.74. The number of amides is 3. The SMILES string of the molecule is COCCCNC(=O)C1CCN(C(=O)NCc2ccc(OC)c(OC)c2)CC1. The molecule has 8 heteroatoms. The Hall–Kier alpha value is -2.48. The van der Waals surface area contributed by atoms with E-state index in [1.165, 1.54) is 0 Å². The molecule has 8 nitrogen and oxygen atoms in total. The molecule has 0 aliphatic carbocycles. The van der Waals surface area contributed by atoms with Crippen molar-refractivity contribution in [2.45, 2.75) is 25.8 Å². The number of nitrogens with one attached hydrogen (secondary N) is 2. The zero-order valence-electron chi connectivity index (χ0n) is 17.0. The molecule has 3 amide bonds. The van der Waals surface area contributed by atoms with Crippen molar-refractivity contribution in [3.63, 3.8) is 0 Å². The lowest BCUT2D eigenvalue weighted by atomic mass is 9.96. The molecule has 0 saturated carbocycles. The van der Waals surface area contributed by atoms with Crippen molar-refractivity contribution < 1.29 is 23.8 Å². The van der Waals surface area contributed by atoms with E-state index >= 15 is 0 Å². The van der Waals surface area contributed by atoms with Gasteiger partial charge < -0.3 is 29.7 Å². The predicted molar refractivity (Wildman–Crippen MR) is 106 cm³/mol. The molecular formula is C20H31N3O5. The van der Waals surface area contributed by atoms with Gasteiger partial charge in [0, 0.05) is 45.8 Å². The number of urea groups is 1. The summed E-state index contributed by atoms with van der Waals surface area (Å²) >= 11 is 0. The Bertz CT molecular complexity index is 645. The first-order chi connectivity index (χ1) is 13.6. The van der Waals surface area contributed by atoms with E-state index in [4.69, 9.17) is 14.2 Å². The molecule has 1 aromatic rings. The lowest BCUT2D eigenvalue weighted by Crippen LogP contribution is -2.46. The fraction of sp³-hybridized carbons (Fsp3) is 0.600. The standard InChI is InChI=1S/C20H31N3O5/c1-26-12-4-9-21-19(24)16-7-10-23(11-8-16)20(25)22-14-15-5-6-17(27-2)18(13-15)28-3/h5-6,13,16H,4,7-12,14H2,1-3H3,(H,21,24)(H,22,25). The van der Waals surface area contributed by atoms with E-state index in [-0.39, 0.29) is 17.9 Å². The number of benzene rings is 1. The fourth-order valence-corrected chi connectivity index (χ4v) is 3.20. The van der Waals surface area contributed by atoms with Gasteiger partial charge in [0.2, 0.25) is 5.91 Å². The van der Waals surface area contributed by atoms with E-state index in [1.807, 2.05) is 18.2 Å². The topological polar surface area (TPSA) is 89.1 Å². The molecule has 2 rings (SSSR count). The number of nitrogens with zero attached hydrogens (tertiary/aromatic N) is 1. The summed E-state index contributed by atoms with van der Waals surface area (Å²) in [4.78, 5) is 26.3. The third-order valence-electron chi connectivity index (χ3n) is 4.87. The Balaban J connectivity index is 1.74. The van der Waals surface area contributed by atoms with Crippen LogP contribution in [0.5, 0.6) is 11.5 Å². The first-order valence-corrected chi connectivity index (χ1v) is 9.59. The zero-order valence-corrected chi connectivity index (χ0v) is 17.0. The van der Waals surface area contributed by atoms with Gasteiger partial charge in [-0.15, -0.1) is 0 Å². The van der Waals surface area contributed by atoms with Crippen LogP contribution in [0.15, 0.2) is 18.2 Å². The number of ether oxygens (including phenoxy) is 3. The summed E-state index contributed by atoms with van der Waals surface area (Å²) in [6.07, 6.45) is 2.17. The summed E-state index contributed by atoms with van der Waals surface area (Å²) < 4.78 is 15.5. The van der Waals surface area contributed by atoms with E-state index in [9.17, 15) is 9.59 Å². The summed E-state index contributed by atoms with van der Waals surface area (Å²) in [6.45, 7) is 2.82. The molecule has 0 radical (unpaired) electrons. The van der Waals surface area contributed by atoms with Crippen LogP contribution in [0.3, 0.4) is 0 Å². The smallest absolute Gasteiger partial charge is 0.317 e. The Morgan fingerprint density at radius 2 is 1.79 bits per heavy atom. The molecule has 1 aliphatic rings. The molecule has 1 aliphatic heterocycles. The second-order valence-corrected chi connectivity index (χ2v) is 6.75. The van der Waals surface area contributed by atoms with Crippen molar-refractivity contribution >= 4 is 11.9 Å². The van der Waals surface area contributed by atoms with E-state index in [0.717, 1.165) is 12.0 Å². The van der Waals surface area contributed by atoms with Gasteiger partial charge in [-0.25, -0.2) is 4.79 Å². The van der Waals surface area contributed by atoms with Gasteiger partial charge in [-0.2, -0.15) is 0 Å². The molecule has 0 spiro atoms. The van der Waals surface area contributed by atoms with Crippen molar-refractivity contribution in [3.05, 3.63) is 23.8 Å². The monoisotopic (exact) mass is 393 g/mol. The lowest BCUT2D eigenvalue weighted by molar-refractivity contribution is -0.126. The van der Waals surface area contributed by atoms with Crippen molar-refractivity contribution in [2.24, 2.45) is 5.92 Å². The molecular weight excluding hydrogens is 362 g/mol. The highest BCUT2D eigenvalue weighted by Gasteiger charge is 2.27. The minimum atomic E-state index is -0.117. The second kappa shape index (κ2) is 11.4. The largest absolute Gasteiger partial charge is 0.493 e. The van der Waals surface area contributed by atoms with E-state index in [1.54, 1.807) is 26.2 Å². The highest BCUT2D eigenvalue weighted by atomic mass is 16.5. The fourth-order valence-electron chi connectivity index (χ4n) is 3.20. The molecule has 0 aromatic heterocycles. The molecule has 1 fully saturated rings. The number of likely N-dealkylation sites (tertiary alicyclic amines) is 1. The summed E-state index contributed by atoms with van der Waals surface area (Å²) in [6, 6.07) is 5.44. The van der Waals surface area contributed by atoms with Crippen LogP contribution in [0.4, 0.5) is 4.79 Å². The molecule has 1 heterocycles. The summed E-state index contributed by atoms with van der Waals surface area (Å²) in [5.41, 5.74) is 0.927. The highest BCUT2D eigenvalue weighted by Crippen LogP contribution is 2.27. The normalized spacial score (nSPS) is 14.5. The second-order valence-electron chi connectivity index (χ2n) is 6.75. The Morgan fingerprint density at radius 3 is 2.43 bits per heavy atom. The summed E-state index contributed by atoms with van der Waals surface area (Å²) in [5, 5.41) is 5.86. The van der Waals surface area contributed by atoms with Crippen LogP contribution < -0.4 is 20.1 Å². The Labute approximate surface area is 166 Å². The number of piperidine rings is 1. The maximum absolute atomic E-state index is 12.4. The first-order valence-electron chi connectivity index (χ1n) is 9.59. The van der Waals surface area contributed by atoms with Crippen molar-refractivity contribution in [1.29, 1.82) is 0 Å². The van der Waals surface area contributed by atoms with Gasteiger partial charge in [0.25, 0.3) is 0 Å². The number of methoxy groups -OCH3 is 3. The first kappa shape index (κ1) is 21.8. The number of carbonyl (C=O) groups is 2. The minimum Gasteiger partial charge on any atom is -0.493 e. The predicted octanol–water partition coefficient (Wildman–Crippen LogP) is 1.78. The van der Waals surface area contributed by atoms with Gasteiger partial charge in [0.05, 0.1) is 14.2 Å². The maximum Gasteiger partial charge on any atom is 0.317 e. The molecule has 0 unspecified atom stereocenters. The zero-order chi connectivity index (χ0) is 20.4. The third kappa shape index (κ3) is 6.30. The molecule has 2 N–H and O–H groups in total. The summed E-state index contributed by atoms with van der Waals surface area (Å²) in [5.74, 6) is 1.32. The van der Waals surface area contributed by atoms with Crippen LogP contribution in [-0.4, -0.2) is 64.4 Å². The van der Waals surface area contributed by atoms with Gasteiger partial charge in [-0.3, -0.25) is 4.79 Å². The van der Waals surface area contributed by atoms with Gasteiger partial charge in [0.15, 0.2) is 11.5 Å². The molecule has 1 aromatic carbocycles. The minimum absolute atomic E-state index is 0.0301. The number of carbonyl (C=O) groups excluding carboxylic acids is 2. The van der Waals surface area contributed by atoms with Gasteiger partial charge in [0.1, 0.15) is 0 Å². The molecule has 0 bridgehead atoms. The van der Waals surface area contributed by atoms with Crippen LogP contribution in [0.1, 0.15) is 24.8 Å². The van der Waals surface area contributed by atoms with Crippen LogP contribution >= 0.6 is 0 Å². The third-order valence-corrected chi connectivity index (χ3v) is 4.87. The number of hydrogen-bond donors (Lipinski definition) is 2. The van der Waals surface area contributed by atoms with Gasteiger partial charge in [-0.1, -0.05) is 6.07 Å². The Kier molecular flexibility index (Phi) is 8.87.